The summed E-state index contributed by atoms with van der Waals surface area (Å²) in [7, 11) is 0. The van der Waals surface area contributed by atoms with E-state index in [-0.39, 0.29) is 37.5 Å². The Balaban J connectivity index is 1.29. The van der Waals surface area contributed by atoms with Crippen LogP contribution in [0.5, 0.6) is 5.75 Å². The molecular formula is C38H50N2O6. The summed E-state index contributed by atoms with van der Waals surface area (Å²) < 4.78 is 0. The number of likely N-dealkylation sites (tertiary alicyclic amines) is 2. The number of rotatable bonds is 12. The van der Waals surface area contributed by atoms with E-state index in [0.717, 1.165) is 54.7 Å². The molecule has 2 aliphatic heterocycles. The molecule has 248 valence electrons. The average molecular weight is 631 g/mol. The Morgan fingerprint density at radius 1 is 1.00 bits per heavy atom. The number of nitrogens with zero attached hydrogens (tertiary/aromatic N) is 2. The Labute approximate surface area is 273 Å². The van der Waals surface area contributed by atoms with E-state index in [1.54, 1.807) is 0 Å². The fraction of sp³-hybridized carbons (Fsp3) is 0.526. The number of aliphatic hydroxyl groups excluding tert-OH is 3. The number of imide groups is 1. The van der Waals surface area contributed by atoms with E-state index in [9.17, 15) is 30.0 Å². The molecule has 3 aliphatic rings. The van der Waals surface area contributed by atoms with Gasteiger partial charge >= 0.3 is 0 Å². The number of hydrogen-bond donors (Lipinski definition) is 4. The standard InChI is InChI=1S/C38H50N2O6/c1-4-8-26(19-28-17-24(2)36(44)25(3)18-28)11-12-33(43)34-29(22-41)20-31-35(32(34)23-42)38(46)40(37(31)45)30-13-15-39(16-14-30)21-27-9-6-5-7-10-27/h5-7,9-10,17-19,30-33,35,41-44H,4,8,11-16,20-23H2,1-3H3/b26-19+/t31-,32+,33-,35-/m1/s1. The van der Waals surface area contributed by atoms with E-state index >= 15 is 0 Å². The molecule has 4 atom stereocenters. The lowest BCUT2D eigenvalue weighted by molar-refractivity contribution is -0.144. The van der Waals surface area contributed by atoms with Crippen molar-refractivity contribution in [3.05, 3.63) is 81.4 Å². The summed E-state index contributed by atoms with van der Waals surface area (Å²) in [5.74, 6) is -2.22. The summed E-state index contributed by atoms with van der Waals surface area (Å²) in [5, 5.41) is 42.8. The van der Waals surface area contributed by atoms with Crippen molar-refractivity contribution in [3.8, 4) is 5.75 Å². The van der Waals surface area contributed by atoms with Gasteiger partial charge in [0.15, 0.2) is 0 Å². The quantitative estimate of drug-likeness (QED) is 0.194. The minimum Gasteiger partial charge on any atom is -0.507 e. The minimum atomic E-state index is -0.957. The zero-order chi connectivity index (χ0) is 33.0. The Kier molecular flexibility index (Phi) is 11.2. The van der Waals surface area contributed by atoms with E-state index in [1.807, 2.05) is 44.2 Å². The van der Waals surface area contributed by atoms with Gasteiger partial charge in [-0.2, -0.15) is 0 Å². The zero-order valence-electron chi connectivity index (χ0n) is 27.5. The Hall–Kier alpha value is -3.30. The molecule has 46 heavy (non-hydrogen) atoms. The van der Waals surface area contributed by atoms with Crippen LogP contribution in [0.2, 0.25) is 0 Å². The van der Waals surface area contributed by atoms with Gasteiger partial charge in [-0.1, -0.05) is 55.3 Å². The van der Waals surface area contributed by atoms with Crippen LogP contribution in [0.25, 0.3) is 6.08 Å². The maximum absolute atomic E-state index is 14.0. The Bertz CT molecular complexity index is 1440. The molecule has 0 spiro atoms. The fourth-order valence-corrected chi connectivity index (χ4v) is 8.04. The number of hydrogen-bond acceptors (Lipinski definition) is 7. The van der Waals surface area contributed by atoms with E-state index in [0.29, 0.717) is 42.6 Å². The van der Waals surface area contributed by atoms with Gasteiger partial charge in [0, 0.05) is 31.6 Å². The molecule has 0 unspecified atom stereocenters. The lowest BCUT2D eigenvalue weighted by atomic mass is 9.68. The third-order valence-electron chi connectivity index (χ3n) is 10.3. The number of benzene rings is 2. The molecule has 2 aromatic carbocycles. The van der Waals surface area contributed by atoms with E-state index in [4.69, 9.17) is 0 Å². The van der Waals surface area contributed by atoms with Crippen molar-refractivity contribution in [2.24, 2.45) is 17.8 Å². The molecule has 0 bridgehead atoms. The Morgan fingerprint density at radius 3 is 2.28 bits per heavy atom. The second-order valence-corrected chi connectivity index (χ2v) is 13.5. The van der Waals surface area contributed by atoms with Crippen LogP contribution >= 0.6 is 0 Å². The summed E-state index contributed by atoms with van der Waals surface area (Å²) in [6.45, 7) is 7.58. The molecule has 2 heterocycles. The molecule has 2 aromatic rings. The largest absolute Gasteiger partial charge is 0.507 e. The monoisotopic (exact) mass is 630 g/mol. The van der Waals surface area contributed by atoms with Crippen LogP contribution < -0.4 is 0 Å². The molecule has 2 fully saturated rings. The van der Waals surface area contributed by atoms with Crippen molar-refractivity contribution in [1.82, 2.24) is 9.80 Å². The van der Waals surface area contributed by atoms with E-state index < -0.39 is 23.9 Å². The van der Waals surface area contributed by atoms with Gasteiger partial charge < -0.3 is 20.4 Å². The molecule has 2 amide bonds. The van der Waals surface area contributed by atoms with E-state index in [2.05, 4.69) is 30.0 Å². The minimum absolute atomic E-state index is 0.183. The van der Waals surface area contributed by atoms with Crippen molar-refractivity contribution >= 4 is 17.9 Å². The number of aliphatic hydroxyl groups is 3. The van der Waals surface area contributed by atoms with Crippen LogP contribution in [0.4, 0.5) is 0 Å². The summed E-state index contributed by atoms with van der Waals surface area (Å²) in [6, 6.07) is 14.0. The molecule has 8 nitrogen and oxygen atoms in total. The molecule has 5 rings (SSSR count). The van der Waals surface area contributed by atoms with Crippen LogP contribution in [0.3, 0.4) is 0 Å². The van der Waals surface area contributed by atoms with Gasteiger partial charge in [0.2, 0.25) is 11.8 Å². The van der Waals surface area contributed by atoms with Crippen molar-refractivity contribution in [2.75, 3.05) is 26.3 Å². The smallest absolute Gasteiger partial charge is 0.234 e. The van der Waals surface area contributed by atoms with Crippen molar-refractivity contribution in [3.63, 3.8) is 0 Å². The first-order valence-electron chi connectivity index (χ1n) is 16.9. The van der Waals surface area contributed by atoms with Crippen LogP contribution in [-0.4, -0.2) is 80.5 Å². The summed E-state index contributed by atoms with van der Waals surface area (Å²) >= 11 is 0. The van der Waals surface area contributed by atoms with Crippen LogP contribution in [-0.2, 0) is 16.1 Å². The van der Waals surface area contributed by atoms with E-state index in [1.165, 1.54) is 10.5 Å². The predicted octanol–water partition coefficient (Wildman–Crippen LogP) is 4.90. The van der Waals surface area contributed by atoms with Gasteiger partial charge in [0.05, 0.1) is 31.2 Å². The first kappa shape index (κ1) is 34.0. The molecule has 2 saturated heterocycles. The van der Waals surface area contributed by atoms with Gasteiger partial charge in [-0.3, -0.25) is 19.4 Å². The highest BCUT2D eigenvalue weighted by atomic mass is 16.3. The SMILES string of the molecule is CCC/C(=C\c1cc(C)c(O)c(C)c1)CC[C@@H](O)C1=C(CO)C[C@H]2C(=O)N(C3CCN(Cc4ccccc4)CC3)C(=O)[C@H]2[C@H]1CO. The number of carbonyl (C=O) groups excluding carboxylic acids is 2. The molecule has 0 radical (unpaired) electrons. The molecule has 4 N–H and O–H groups in total. The number of amides is 2. The molecule has 0 saturated carbocycles. The number of aryl methyl sites for hydroxylation is 2. The normalized spacial score (nSPS) is 23.7. The first-order chi connectivity index (χ1) is 22.2. The van der Waals surface area contributed by atoms with Crippen molar-refractivity contribution < 1.29 is 30.0 Å². The molecule has 0 aromatic heterocycles. The highest BCUT2D eigenvalue weighted by Crippen LogP contribution is 2.47. The average Bonchev–Trinajstić information content (AvgIpc) is 3.30. The third kappa shape index (κ3) is 7.15. The zero-order valence-corrected chi connectivity index (χ0v) is 27.5. The number of carbonyl (C=O) groups is 2. The maximum Gasteiger partial charge on any atom is 0.234 e. The number of piperidine rings is 1. The number of phenols is 1. The van der Waals surface area contributed by atoms with Gasteiger partial charge in [0.1, 0.15) is 5.75 Å². The number of fused-ring (bicyclic) bond motifs is 1. The predicted molar refractivity (Wildman–Crippen MR) is 179 cm³/mol. The van der Waals surface area contributed by atoms with Crippen LogP contribution in [0.15, 0.2) is 59.2 Å². The molecule has 1 aliphatic carbocycles. The lowest BCUT2D eigenvalue weighted by Gasteiger charge is -2.36. The van der Waals surface area contributed by atoms with Crippen LogP contribution in [0, 0.1) is 31.6 Å². The molecule has 8 heteroatoms. The number of phenolic OH excluding ortho intramolecular Hbond substituents is 1. The van der Waals surface area contributed by atoms with Crippen molar-refractivity contribution in [2.45, 2.75) is 84.4 Å². The second-order valence-electron chi connectivity index (χ2n) is 13.5. The second kappa shape index (κ2) is 15.1. The highest BCUT2D eigenvalue weighted by molar-refractivity contribution is 6.06. The van der Waals surface area contributed by atoms with Gasteiger partial charge in [0.25, 0.3) is 0 Å². The topological polar surface area (TPSA) is 122 Å². The summed E-state index contributed by atoms with van der Waals surface area (Å²) in [5.41, 5.74) is 6.11. The van der Waals surface area contributed by atoms with Crippen LogP contribution in [0.1, 0.15) is 74.1 Å². The summed E-state index contributed by atoms with van der Waals surface area (Å²) in [6.07, 6.45) is 5.54. The van der Waals surface area contributed by atoms with Gasteiger partial charge in [-0.25, -0.2) is 0 Å². The molecular weight excluding hydrogens is 580 g/mol. The highest BCUT2D eigenvalue weighted by Gasteiger charge is 2.56. The van der Waals surface area contributed by atoms with Crippen molar-refractivity contribution in [1.29, 1.82) is 0 Å². The first-order valence-corrected chi connectivity index (χ1v) is 16.9. The number of allylic oxidation sites excluding steroid dienone is 1. The number of aromatic hydroxyl groups is 1. The summed E-state index contributed by atoms with van der Waals surface area (Å²) in [4.78, 5) is 31.6. The Morgan fingerprint density at radius 2 is 1.67 bits per heavy atom. The van der Waals surface area contributed by atoms with Gasteiger partial charge in [-0.05, 0) is 97.9 Å². The fourth-order valence-electron chi connectivity index (χ4n) is 8.04. The maximum atomic E-state index is 14.0. The third-order valence-corrected chi connectivity index (χ3v) is 10.3. The van der Waals surface area contributed by atoms with Gasteiger partial charge in [-0.15, -0.1) is 0 Å². The lowest BCUT2D eigenvalue weighted by Crippen LogP contribution is -2.47.